The van der Waals surface area contributed by atoms with Crippen LogP contribution in [0.25, 0.3) is 0 Å². The molecule has 0 spiro atoms. The number of hydrogen-bond donors (Lipinski definition) is 1. The van der Waals surface area contributed by atoms with E-state index in [4.69, 9.17) is 4.74 Å². The van der Waals surface area contributed by atoms with Crippen molar-refractivity contribution in [2.45, 2.75) is 45.1 Å². The molecule has 86 valence electrons. The van der Waals surface area contributed by atoms with Crippen LogP contribution in [-0.2, 0) is 9.53 Å². The number of aliphatic hydroxyl groups excluding tert-OH is 1. The molecule has 0 bridgehead atoms. The van der Waals surface area contributed by atoms with E-state index < -0.39 is 0 Å². The van der Waals surface area contributed by atoms with Crippen molar-refractivity contribution in [3.8, 4) is 0 Å². The molecular formula is C12H20O3. The molecule has 0 heterocycles. The molecule has 3 nitrogen and oxygen atoms in total. The number of carbonyl (C=O) groups excluding carboxylic acids is 1. The Kier molecular flexibility index (Phi) is 4.82. The van der Waals surface area contributed by atoms with Gasteiger partial charge in [0.1, 0.15) is 6.10 Å². The zero-order chi connectivity index (χ0) is 11.3. The van der Waals surface area contributed by atoms with Crippen LogP contribution in [0.2, 0.25) is 0 Å². The maximum Gasteiger partial charge on any atom is 0.333 e. The molecule has 0 aromatic carbocycles. The Labute approximate surface area is 91.1 Å². The molecule has 1 unspecified atom stereocenters. The summed E-state index contributed by atoms with van der Waals surface area (Å²) in [6.07, 6.45) is 5.36. The van der Waals surface area contributed by atoms with E-state index in [1.54, 1.807) is 6.92 Å². The van der Waals surface area contributed by atoms with E-state index in [-0.39, 0.29) is 18.7 Å². The van der Waals surface area contributed by atoms with Crippen molar-refractivity contribution in [3.05, 3.63) is 12.2 Å². The zero-order valence-electron chi connectivity index (χ0n) is 9.37. The van der Waals surface area contributed by atoms with Gasteiger partial charge in [-0.2, -0.15) is 0 Å². The van der Waals surface area contributed by atoms with Gasteiger partial charge in [0.05, 0.1) is 6.61 Å². The molecular weight excluding hydrogens is 192 g/mol. The molecule has 1 fully saturated rings. The van der Waals surface area contributed by atoms with E-state index in [1.165, 1.54) is 19.3 Å². The third-order valence-electron chi connectivity index (χ3n) is 2.96. The second kappa shape index (κ2) is 5.91. The molecule has 1 N–H and O–H groups in total. The van der Waals surface area contributed by atoms with Gasteiger partial charge in [-0.1, -0.05) is 25.8 Å². The van der Waals surface area contributed by atoms with E-state index >= 15 is 0 Å². The summed E-state index contributed by atoms with van der Waals surface area (Å²) in [6, 6.07) is 0. The molecule has 0 aliphatic heterocycles. The zero-order valence-corrected chi connectivity index (χ0v) is 9.37. The molecule has 0 saturated heterocycles. The number of hydrogen-bond acceptors (Lipinski definition) is 3. The topological polar surface area (TPSA) is 46.5 Å². The lowest BCUT2D eigenvalue weighted by molar-refractivity contribution is -0.150. The van der Waals surface area contributed by atoms with Crippen molar-refractivity contribution in [2.24, 2.45) is 5.92 Å². The number of esters is 1. The summed E-state index contributed by atoms with van der Waals surface area (Å²) < 4.78 is 5.21. The predicted molar refractivity (Wildman–Crippen MR) is 58.4 cm³/mol. The van der Waals surface area contributed by atoms with Crippen molar-refractivity contribution in [2.75, 3.05) is 6.61 Å². The summed E-state index contributed by atoms with van der Waals surface area (Å²) >= 11 is 0. The second-order valence-corrected chi connectivity index (χ2v) is 4.30. The minimum atomic E-state index is -0.389. The molecule has 0 amide bonds. The molecule has 0 radical (unpaired) electrons. The van der Waals surface area contributed by atoms with Gasteiger partial charge in [-0.25, -0.2) is 4.79 Å². The third kappa shape index (κ3) is 3.67. The molecule has 15 heavy (non-hydrogen) atoms. The summed E-state index contributed by atoms with van der Waals surface area (Å²) in [5, 5.41) is 9.20. The highest BCUT2D eigenvalue weighted by Crippen LogP contribution is 2.28. The first kappa shape index (κ1) is 12.2. The average molecular weight is 212 g/mol. The van der Waals surface area contributed by atoms with Gasteiger partial charge in [0.25, 0.3) is 0 Å². The summed E-state index contributed by atoms with van der Waals surface area (Å²) in [4.78, 5) is 11.3. The molecule has 0 aromatic heterocycles. The lowest BCUT2D eigenvalue weighted by atomic mass is 9.85. The van der Waals surface area contributed by atoms with Gasteiger partial charge in [-0.15, -0.1) is 0 Å². The Bertz CT molecular complexity index is 229. The summed E-state index contributed by atoms with van der Waals surface area (Å²) in [5.41, 5.74) is 0.393. The van der Waals surface area contributed by atoms with Crippen LogP contribution in [-0.4, -0.2) is 23.8 Å². The Morgan fingerprint density at radius 3 is 2.53 bits per heavy atom. The third-order valence-corrected chi connectivity index (χ3v) is 2.96. The fourth-order valence-corrected chi connectivity index (χ4v) is 2.03. The lowest BCUT2D eigenvalue weighted by Crippen LogP contribution is -2.31. The fraction of sp³-hybridized carbons (Fsp3) is 0.750. The van der Waals surface area contributed by atoms with Crippen molar-refractivity contribution in [3.63, 3.8) is 0 Å². The molecule has 0 aromatic rings. The van der Waals surface area contributed by atoms with E-state index in [1.807, 2.05) is 0 Å². The highest BCUT2D eigenvalue weighted by molar-refractivity contribution is 5.87. The quantitative estimate of drug-likeness (QED) is 0.573. The first-order valence-corrected chi connectivity index (χ1v) is 5.62. The van der Waals surface area contributed by atoms with Crippen molar-refractivity contribution < 1.29 is 14.6 Å². The van der Waals surface area contributed by atoms with Crippen LogP contribution in [0, 0.1) is 5.92 Å². The van der Waals surface area contributed by atoms with Gasteiger partial charge in [-0.05, 0) is 25.7 Å². The summed E-state index contributed by atoms with van der Waals surface area (Å²) in [7, 11) is 0. The SMILES string of the molecule is C=C(C)C(=O)OC(CO)C1CCCCC1. The van der Waals surface area contributed by atoms with E-state index in [0.29, 0.717) is 11.5 Å². The largest absolute Gasteiger partial charge is 0.456 e. The summed E-state index contributed by atoms with van der Waals surface area (Å²) in [6.45, 7) is 5.07. The normalized spacial score (nSPS) is 19.6. The number of aliphatic hydroxyl groups is 1. The van der Waals surface area contributed by atoms with Crippen molar-refractivity contribution in [1.29, 1.82) is 0 Å². The maximum atomic E-state index is 11.3. The second-order valence-electron chi connectivity index (χ2n) is 4.30. The van der Waals surface area contributed by atoms with Gasteiger partial charge >= 0.3 is 5.97 Å². The number of carbonyl (C=O) groups is 1. The number of ether oxygens (including phenoxy) is 1. The van der Waals surface area contributed by atoms with Gasteiger partial charge in [0, 0.05) is 5.57 Å². The molecule has 1 atom stereocenters. The van der Waals surface area contributed by atoms with E-state index in [9.17, 15) is 9.90 Å². The monoisotopic (exact) mass is 212 g/mol. The lowest BCUT2D eigenvalue weighted by Gasteiger charge is -2.28. The van der Waals surface area contributed by atoms with Crippen LogP contribution in [0.5, 0.6) is 0 Å². The minimum absolute atomic E-state index is 0.0797. The Balaban J connectivity index is 2.46. The van der Waals surface area contributed by atoms with Crippen LogP contribution in [0.3, 0.4) is 0 Å². The average Bonchev–Trinajstić information content (AvgIpc) is 2.26. The first-order chi connectivity index (χ1) is 7.15. The Morgan fingerprint density at radius 2 is 2.07 bits per heavy atom. The highest BCUT2D eigenvalue weighted by atomic mass is 16.6. The van der Waals surface area contributed by atoms with Crippen molar-refractivity contribution in [1.82, 2.24) is 0 Å². The van der Waals surface area contributed by atoms with Gasteiger partial charge in [0.15, 0.2) is 0 Å². The Morgan fingerprint density at radius 1 is 1.47 bits per heavy atom. The van der Waals surface area contributed by atoms with Gasteiger partial charge < -0.3 is 9.84 Å². The van der Waals surface area contributed by atoms with E-state index in [2.05, 4.69) is 6.58 Å². The smallest absolute Gasteiger partial charge is 0.333 e. The van der Waals surface area contributed by atoms with Crippen LogP contribution >= 0.6 is 0 Å². The van der Waals surface area contributed by atoms with Gasteiger partial charge in [0.2, 0.25) is 0 Å². The Hall–Kier alpha value is -0.830. The standard InChI is InChI=1S/C12H20O3/c1-9(2)12(14)15-11(8-13)10-6-4-3-5-7-10/h10-11,13H,1,3-8H2,2H3. The molecule has 1 aliphatic rings. The predicted octanol–water partition coefficient (Wildman–Crippen LogP) is 2.05. The minimum Gasteiger partial charge on any atom is -0.456 e. The van der Waals surface area contributed by atoms with Crippen LogP contribution in [0.4, 0.5) is 0 Å². The first-order valence-electron chi connectivity index (χ1n) is 5.62. The summed E-state index contributed by atoms with van der Waals surface area (Å²) in [5.74, 6) is -0.0633. The number of rotatable bonds is 4. The van der Waals surface area contributed by atoms with E-state index in [0.717, 1.165) is 12.8 Å². The van der Waals surface area contributed by atoms with Crippen LogP contribution in [0.15, 0.2) is 12.2 Å². The maximum absolute atomic E-state index is 11.3. The van der Waals surface area contributed by atoms with Crippen LogP contribution < -0.4 is 0 Å². The fourth-order valence-electron chi connectivity index (χ4n) is 2.03. The van der Waals surface area contributed by atoms with Gasteiger partial charge in [-0.3, -0.25) is 0 Å². The molecule has 1 saturated carbocycles. The van der Waals surface area contributed by atoms with Crippen LogP contribution in [0.1, 0.15) is 39.0 Å². The molecule has 1 rings (SSSR count). The highest BCUT2D eigenvalue weighted by Gasteiger charge is 2.26. The molecule has 3 heteroatoms. The van der Waals surface area contributed by atoms with Crippen molar-refractivity contribution >= 4 is 5.97 Å². The molecule has 1 aliphatic carbocycles.